The highest BCUT2D eigenvalue weighted by Gasteiger charge is 2.24. The molecular formula is C24H28N6O. The van der Waals surface area contributed by atoms with E-state index in [1.54, 1.807) is 12.4 Å². The van der Waals surface area contributed by atoms with Crippen LogP contribution in [-0.4, -0.2) is 45.4 Å². The molecule has 1 fully saturated rings. The van der Waals surface area contributed by atoms with Crippen molar-refractivity contribution in [2.75, 3.05) is 25.0 Å². The predicted octanol–water partition coefficient (Wildman–Crippen LogP) is 3.42. The Morgan fingerprint density at radius 3 is 2.84 bits per heavy atom. The van der Waals surface area contributed by atoms with Gasteiger partial charge in [-0.2, -0.15) is 0 Å². The molecule has 7 nitrogen and oxygen atoms in total. The lowest BCUT2D eigenvalue weighted by Gasteiger charge is -2.32. The summed E-state index contributed by atoms with van der Waals surface area (Å²) in [7, 11) is 0. The molecular weight excluding hydrogens is 388 g/mol. The highest BCUT2D eigenvalue weighted by Crippen LogP contribution is 2.27. The molecule has 0 unspecified atom stereocenters. The Labute approximate surface area is 183 Å². The number of rotatable bonds is 7. The number of nitrogens with one attached hydrogen (secondary N) is 2. The van der Waals surface area contributed by atoms with Gasteiger partial charge < -0.3 is 10.6 Å². The third-order valence-electron chi connectivity index (χ3n) is 5.51. The molecule has 0 aliphatic carbocycles. The highest BCUT2D eigenvalue weighted by atomic mass is 16.2. The lowest BCUT2D eigenvalue weighted by atomic mass is 9.94. The molecule has 1 atom stereocenters. The molecule has 160 valence electrons. The Kier molecular flexibility index (Phi) is 6.84. The first-order valence-electron chi connectivity index (χ1n) is 10.7. The second-order valence-corrected chi connectivity index (χ2v) is 7.91. The van der Waals surface area contributed by atoms with Gasteiger partial charge in [-0.05, 0) is 62.2 Å². The van der Waals surface area contributed by atoms with Crippen LogP contribution >= 0.6 is 0 Å². The standard InChI is InChI=1S/C24H28N6O/c1-18-7-5-13-26-24(18)29-22-11-4-10-21(28-22)19-8-6-14-30(16-19)17-23(31)27-15-20-9-2-3-12-25-20/h2-5,7,9-13,19H,6,8,14-17H2,1H3,(H,27,31)(H,26,28,29)/t19-/m1/s1. The lowest BCUT2D eigenvalue weighted by molar-refractivity contribution is -0.122. The number of pyridine rings is 3. The predicted molar refractivity (Wildman–Crippen MR) is 121 cm³/mol. The van der Waals surface area contributed by atoms with E-state index in [9.17, 15) is 4.79 Å². The maximum absolute atomic E-state index is 12.4. The molecule has 31 heavy (non-hydrogen) atoms. The first kappa shape index (κ1) is 20.9. The van der Waals surface area contributed by atoms with Crippen LogP contribution < -0.4 is 10.6 Å². The zero-order valence-electron chi connectivity index (χ0n) is 17.8. The third-order valence-corrected chi connectivity index (χ3v) is 5.51. The van der Waals surface area contributed by atoms with Crippen molar-refractivity contribution < 1.29 is 4.79 Å². The highest BCUT2D eigenvalue weighted by molar-refractivity contribution is 5.78. The van der Waals surface area contributed by atoms with Crippen molar-refractivity contribution in [1.82, 2.24) is 25.2 Å². The molecule has 3 aromatic heterocycles. The number of hydrogen-bond acceptors (Lipinski definition) is 6. The quantitative estimate of drug-likeness (QED) is 0.614. The third kappa shape index (κ3) is 5.86. The van der Waals surface area contributed by atoms with Crippen molar-refractivity contribution in [3.05, 3.63) is 77.9 Å². The lowest BCUT2D eigenvalue weighted by Crippen LogP contribution is -2.42. The van der Waals surface area contributed by atoms with Crippen molar-refractivity contribution in [2.45, 2.75) is 32.2 Å². The number of nitrogens with zero attached hydrogens (tertiary/aromatic N) is 4. The number of carbonyl (C=O) groups is 1. The molecule has 0 saturated carbocycles. The fourth-order valence-corrected chi connectivity index (χ4v) is 3.88. The van der Waals surface area contributed by atoms with Crippen LogP contribution in [0.1, 0.15) is 35.7 Å². The van der Waals surface area contributed by atoms with Crippen LogP contribution in [0.2, 0.25) is 0 Å². The number of piperidine rings is 1. The first-order valence-corrected chi connectivity index (χ1v) is 10.7. The van der Waals surface area contributed by atoms with Gasteiger partial charge in [-0.1, -0.05) is 18.2 Å². The Balaban J connectivity index is 1.34. The van der Waals surface area contributed by atoms with Gasteiger partial charge in [0.1, 0.15) is 11.6 Å². The maximum Gasteiger partial charge on any atom is 0.234 e. The summed E-state index contributed by atoms with van der Waals surface area (Å²) in [5.41, 5.74) is 3.00. The fraction of sp³-hybridized carbons (Fsp3) is 0.333. The number of aromatic nitrogens is 3. The fourth-order valence-electron chi connectivity index (χ4n) is 3.88. The number of aryl methyl sites for hydroxylation is 1. The van der Waals surface area contributed by atoms with Gasteiger partial charge in [-0.15, -0.1) is 0 Å². The van der Waals surface area contributed by atoms with Gasteiger partial charge in [0.25, 0.3) is 0 Å². The van der Waals surface area contributed by atoms with E-state index in [4.69, 9.17) is 4.98 Å². The first-order chi connectivity index (χ1) is 15.2. The molecule has 1 aliphatic heterocycles. The molecule has 2 N–H and O–H groups in total. The average molecular weight is 417 g/mol. The van der Waals surface area contributed by atoms with Crippen molar-refractivity contribution in [1.29, 1.82) is 0 Å². The van der Waals surface area contributed by atoms with Crippen LogP contribution in [0.25, 0.3) is 0 Å². The molecule has 0 aromatic carbocycles. The monoisotopic (exact) mass is 416 g/mol. The van der Waals surface area contributed by atoms with Crippen LogP contribution in [0.5, 0.6) is 0 Å². The van der Waals surface area contributed by atoms with Crippen LogP contribution in [0, 0.1) is 6.92 Å². The van der Waals surface area contributed by atoms with Gasteiger partial charge >= 0.3 is 0 Å². The van der Waals surface area contributed by atoms with Gasteiger partial charge in [0.2, 0.25) is 5.91 Å². The molecule has 7 heteroatoms. The van der Waals surface area contributed by atoms with E-state index in [0.717, 1.165) is 54.5 Å². The molecule has 4 rings (SSSR count). The average Bonchev–Trinajstić information content (AvgIpc) is 2.80. The number of amides is 1. The van der Waals surface area contributed by atoms with Crippen molar-refractivity contribution in [3.63, 3.8) is 0 Å². The Bertz CT molecular complexity index is 1010. The zero-order chi connectivity index (χ0) is 21.5. The summed E-state index contributed by atoms with van der Waals surface area (Å²) >= 11 is 0. The smallest absolute Gasteiger partial charge is 0.234 e. The minimum atomic E-state index is 0.0281. The maximum atomic E-state index is 12.4. The summed E-state index contributed by atoms with van der Waals surface area (Å²) < 4.78 is 0. The summed E-state index contributed by atoms with van der Waals surface area (Å²) in [6, 6.07) is 15.7. The summed E-state index contributed by atoms with van der Waals surface area (Å²) in [5.74, 6) is 1.95. The van der Waals surface area contributed by atoms with Gasteiger partial charge in [0.05, 0.1) is 18.8 Å². The molecule has 3 aromatic rings. The topological polar surface area (TPSA) is 83.0 Å². The Hall–Kier alpha value is -3.32. The van der Waals surface area contributed by atoms with Crippen LogP contribution in [0.15, 0.2) is 60.9 Å². The normalized spacial score (nSPS) is 16.6. The molecule has 4 heterocycles. The van der Waals surface area contributed by atoms with Gasteiger partial charge in [0.15, 0.2) is 0 Å². The minimum absolute atomic E-state index is 0.0281. The van der Waals surface area contributed by atoms with Gasteiger partial charge in [-0.25, -0.2) is 9.97 Å². The molecule has 1 saturated heterocycles. The molecule has 1 amide bonds. The molecule has 0 bridgehead atoms. The minimum Gasteiger partial charge on any atom is -0.349 e. The number of anilines is 2. The SMILES string of the molecule is Cc1cccnc1Nc1cccc([C@@H]2CCCN(CC(=O)NCc3ccccn3)C2)n1. The Morgan fingerprint density at radius 1 is 1.10 bits per heavy atom. The van der Waals surface area contributed by atoms with Crippen molar-refractivity contribution >= 4 is 17.5 Å². The summed E-state index contributed by atoms with van der Waals surface area (Å²) in [6.45, 7) is 4.64. The van der Waals surface area contributed by atoms with E-state index in [1.165, 1.54) is 0 Å². The second-order valence-electron chi connectivity index (χ2n) is 7.91. The van der Waals surface area contributed by atoms with Gasteiger partial charge in [0, 0.05) is 30.6 Å². The van der Waals surface area contributed by atoms with E-state index >= 15 is 0 Å². The van der Waals surface area contributed by atoms with Gasteiger partial charge in [-0.3, -0.25) is 14.7 Å². The summed E-state index contributed by atoms with van der Waals surface area (Å²) in [4.78, 5) is 28.1. The number of carbonyl (C=O) groups excluding carboxylic acids is 1. The largest absolute Gasteiger partial charge is 0.349 e. The summed E-state index contributed by atoms with van der Waals surface area (Å²) in [5, 5.41) is 6.29. The Morgan fingerprint density at radius 2 is 2.00 bits per heavy atom. The van der Waals surface area contributed by atoms with E-state index in [-0.39, 0.29) is 5.91 Å². The molecule has 0 radical (unpaired) electrons. The molecule has 1 aliphatic rings. The van der Waals surface area contributed by atoms with Crippen molar-refractivity contribution in [2.24, 2.45) is 0 Å². The number of likely N-dealkylation sites (tertiary alicyclic amines) is 1. The number of hydrogen-bond donors (Lipinski definition) is 2. The van der Waals surface area contributed by atoms with E-state index in [0.29, 0.717) is 19.0 Å². The van der Waals surface area contributed by atoms with E-state index in [1.807, 2.05) is 49.4 Å². The van der Waals surface area contributed by atoms with Crippen LogP contribution in [-0.2, 0) is 11.3 Å². The molecule has 0 spiro atoms. The van der Waals surface area contributed by atoms with Crippen molar-refractivity contribution in [3.8, 4) is 0 Å². The van der Waals surface area contributed by atoms with E-state index in [2.05, 4.69) is 31.6 Å². The van der Waals surface area contributed by atoms with Crippen LogP contribution in [0.4, 0.5) is 11.6 Å². The van der Waals surface area contributed by atoms with E-state index < -0.39 is 0 Å². The summed E-state index contributed by atoms with van der Waals surface area (Å²) in [6.07, 6.45) is 5.64. The zero-order valence-corrected chi connectivity index (χ0v) is 17.8. The van der Waals surface area contributed by atoms with Crippen LogP contribution in [0.3, 0.4) is 0 Å². The second kappa shape index (κ2) is 10.1.